The van der Waals surface area contributed by atoms with Crippen molar-refractivity contribution in [3.05, 3.63) is 58.6 Å². The van der Waals surface area contributed by atoms with Gasteiger partial charge in [-0.15, -0.1) is 0 Å². The quantitative estimate of drug-likeness (QED) is 0.787. The van der Waals surface area contributed by atoms with Gasteiger partial charge >= 0.3 is 0 Å². The molecular formula is C20H23ClN2O4. The Labute approximate surface area is 164 Å². The molecule has 0 saturated heterocycles. The van der Waals surface area contributed by atoms with Crippen molar-refractivity contribution >= 4 is 23.4 Å². The van der Waals surface area contributed by atoms with E-state index in [0.29, 0.717) is 22.1 Å². The molecule has 27 heavy (non-hydrogen) atoms. The van der Waals surface area contributed by atoms with Gasteiger partial charge in [-0.05, 0) is 42.8 Å². The summed E-state index contributed by atoms with van der Waals surface area (Å²) in [5.41, 5.74) is 1.34. The van der Waals surface area contributed by atoms with Gasteiger partial charge in [0.15, 0.2) is 11.5 Å². The molecule has 2 rings (SSSR count). The number of benzene rings is 2. The molecule has 1 unspecified atom stereocenters. The van der Waals surface area contributed by atoms with Crippen LogP contribution in [-0.2, 0) is 4.79 Å². The maximum Gasteiger partial charge on any atom is 0.251 e. The van der Waals surface area contributed by atoms with Gasteiger partial charge in [-0.2, -0.15) is 0 Å². The van der Waals surface area contributed by atoms with Gasteiger partial charge in [-0.25, -0.2) is 0 Å². The van der Waals surface area contributed by atoms with Crippen molar-refractivity contribution < 1.29 is 19.1 Å². The lowest BCUT2D eigenvalue weighted by molar-refractivity contribution is -0.130. The Hall–Kier alpha value is -2.73. The largest absolute Gasteiger partial charge is 0.493 e. The second-order valence-corrected chi connectivity index (χ2v) is 6.42. The van der Waals surface area contributed by atoms with Crippen LogP contribution in [0, 0.1) is 0 Å². The third-order valence-corrected chi connectivity index (χ3v) is 4.62. The molecule has 0 saturated carbocycles. The fraction of sp³-hybridized carbons (Fsp3) is 0.300. The van der Waals surface area contributed by atoms with Crippen LogP contribution in [0.25, 0.3) is 0 Å². The summed E-state index contributed by atoms with van der Waals surface area (Å²) in [6.07, 6.45) is 0. The highest BCUT2D eigenvalue weighted by Crippen LogP contribution is 2.27. The highest BCUT2D eigenvalue weighted by Gasteiger charge is 2.18. The third-order valence-electron chi connectivity index (χ3n) is 4.37. The van der Waals surface area contributed by atoms with Gasteiger partial charge in [-0.1, -0.05) is 23.7 Å². The van der Waals surface area contributed by atoms with Crippen LogP contribution in [-0.4, -0.2) is 44.5 Å². The summed E-state index contributed by atoms with van der Waals surface area (Å²) >= 11 is 5.90. The first-order chi connectivity index (χ1) is 12.9. The van der Waals surface area contributed by atoms with Crippen molar-refractivity contribution in [1.82, 2.24) is 10.2 Å². The Kier molecular flexibility index (Phi) is 7.07. The number of halogens is 1. The molecule has 0 radical (unpaired) electrons. The van der Waals surface area contributed by atoms with Crippen LogP contribution in [0.2, 0.25) is 5.02 Å². The van der Waals surface area contributed by atoms with Crippen molar-refractivity contribution in [3.63, 3.8) is 0 Å². The first-order valence-electron chi connectivity index (χ1n) is 8.38. The first kappa shape index (κ1) is 20.6. The summed E-state index contributed by atoms with van der Waals surface area (Å²) in [5, 5.41) is 3.28. The number of nitrogens with zero attached hydrogens (tertiary/aromatic N) is 1. The van der Waals surface area contributed by atoms with Crippen molar-refractivity contribution in [1.29, 1.82) is 0 Å². The van der Waals surface area contributed by atoms with E-state index in [1.54, 1.807) is 42.3 Å². The molecule has 0 aliphatic rings. The number of likely N-dealkylation sites (N-methyl/N-ethyl adjacent to an activating group) is 1. The highest BCUT2D eigenvalue weighted by atomic mass is 35.5. The number of hydrogen-bond donors (Lipinski definition) is 1. The van der Waals surface area contributed by atoms with E-state index in [9.17, 15) is 9.59 Å². The molecule has 1 N–H and O–H groups in total. The maximum absolute atomic E-state index is 12.4. The Morgan fingerprint density at radius 2 is 1.70 bits per heavy atom. The lowest BCUT2D eigenvalue weighted by Crippen LogP contribution is -2.39. The lowest BCUT2D eigenvalue weighted by atomic mass is 10.1. The summed E-state index contributed by atoms with van der Waals surface area (Å²) in [6, 6.07) is 12.0. The van der Waals surface area contributed by atoms with Gasteiger partial charge in [0.25, 0.3) is 5.91 Å². The molecule has 0 aliphatic carbocycles. The molecule has 2 aromatic carbocycles. The number of carbonyl (C=O) groups excluding carboxylic acids is 2. The normalized spacial score (nSPS) is 11.4. The molecule has 6 nitrogen and oxygen atoms in total. The number of rotatable bonds is 7. The minimum atomic E-state index is -0.364. The monoisotopic (exact) mass is 390 g/mol. The molecule has 144 valence electrons. The molecule has 0 spiro atoms. The van der Waals surface area contributed by atoms with Crippen LogP contribution < -0.4 is 14.8 Å². The maximum atomic E-state index is 12.4. The van der Waals surface area contributed by atoms with Crippen molar-refractivity contribution in [2.24, 2.45) is 0 Å². The van der Waals surface area contributed by atoms with E-state index in [-0.39, 0.29) is 24.4 Å². The van der Waals surface area contributed by atoms with Crippen LogP contribution in [0.1, 0.15) is 28.9 Å². The van der Waals surface area contributed by atoms with E-state index < -0.39 is 0 Å². The zero-order valence-corrected chi connectivity index (χ0v) is 16.5. The Morgan fingerprint density at radius 1 is 1.07 bits per heavy atom. The Bertz CT molecular complexity index is 808. The molecular weight excluding hydrogens is 368 g/mol. The van der Waals surface area contributed by atoms with Gasteiger partial charge in [0, 0.05) is 17.6 Å². The number of carbonyl (C=O) groups is 2. The number of hydrogen-bond acceptors (Lipinski definition) is 4. The lowest BCUT2D eigenvalue weighted by Gasteiger charge is -2.25. The Balaban J connectivity index is 1.97. The average Bonchev–Trinajstić information content (AvgIpc) is 2.70. The second-order valence-electron chi connectivity index (χ2n) is 5.98. The van der Waals surface area contributed by atoms with Crippen molar-refractivity contribution in [3.8, 4) is 11.5 Å². The van der Waals surface area contributed by atoms with Crippen LogP contribution in [0.4, 0.5) is 0 Å². The van der Waals surface area contributed by atoms with Gasteiger partial charge in [0.05, 0.1) is 26.8 Å². The first-order valence-corrected chi connectivity index (χ1v) is 8.76. The molecule has 2 aromatic rings. The molecule has 1 atom stereocenters. The van der Waals surface area contributed by atoms with Crippen molar-refractivity contribution in [2.45, 2.75) is 13.0 Å². The standard InChI is InChI=1S/C20H23ClN2O4/c1-13(14-5-8-16(21)9-6-14)23(2)19(24)12-22-20(25)15-7-10-17(26-3)18(11-15)27-4/h5-11,13H,12H2,1-4H3,(H,22,25). The fourth-order valence-electron chi connectivity index (χ4n) is 2.54. The fourth-order valence-corrected chi connectivity index (χ4v) is 2.67. The summed E-state index contributed by atoms with van der Waals surface area (Å²) in [7, 11) is 4.72. The average molecular weight is 391 g/mol. The van der Waals surface area contributed by atoms with Gasteiger partial charge < -0.3 is 19.7 Å². The van der Waals surface area contributed by atoms with E-state index in [4.69, 9.17) is 21.1 Å². The molecule has 0 bridgehead atoms. The summed E-state index contributed by atoms with van der Waals surface area (Å²) in [4.78, 5) is 26.3. The van der Waals surface area contributed by atoms with Crippen LogP contribution in [0.5, 0.6) is 11.5 Å². The smallest absolute Gasteiger partial charge is 0.251 e. The number of nitrogens with one attached hydrogen (secondary N) is 1. The topological polar surface area (TPSA) is 67.9 Å². The molecule has 0 aromatic heterocycles. The predicted molar refractivity (Wildman–Crippen MR) is 105 cm³/mol. The minimum Gasteiger partial charge on any atom is -0.493 e. The van der Waals surface area contributed by atoms with E-state index in [1.165, 1.54) is 14.2 Å². The van der Waals surface area contributed by atoms with Gasteiger partial charge in [0.1, 0.15) is 0 Å². The summed E-state index contributed by atoms with van der Waals surface area (Å²) < 4.78 is 10.3. The van der Waals surface area contributed by atoms with Gasteiger partial charge in [0.2, 0.25) is 5.91 Å². The third kappa shape index (κ3) is 5.14. The zero-order chi connectivity index (χ0) is 20.0. The SMILES string of the molecule is COc1ccc(C(=O)NCC(=O)N(C)C(C)c2ccc(Cl)cc2)cc1OC. The number of amides is 2. The van der Waals surface area contributed by atoms with E-state index in [1.807, 2.05) is 19.1 Å². The van der Waals surface area contributed by atoms with Crippen molar-refractivity contribution in [2.75, 3.05) is 27.8 Å². The minimum absolute atomic E-state index is 0.110. The number of methoxy groups -OCH3 is 2. The van der Waals surface area contributed by atoms with Gasteiger partial charge in [-0.3, -0.25) is 9.59 Å². The predicted octanol–water partition coefficient (Wildman–Crippen LogP) is 3.31. The van der Waals surface area contributed by atoms with Crippen LogP contribution in [0.15, 0.2) is 42.5 Å². The Morgan fingerprint density at radius 3 is 2.30 bits per heavy atom. The zero-order valence-electron chi connectivity index (χ0n) is 15.8. The highest BCUT2D eigenvalue weighted by molar-refractivity contribution is 6.30. The molecule has 2 amide bonds. The molecule has 0 aliphatic heterocycles. The van der Waals surface area contributed by atoms with E-state index in [0.717, 1.165) is 5.56 Å². The molecule has 0 fully saturated rings. The summed E-state index contributed by atoms with van der Waals surface area (Å²) in [6.45, 7) is 1.80. The number of ether oxygens (including phenoxy) is 2. The van der Waals surface area contributed by atoms with Crippen LogP contribution in [0.3, 0.4) is 0 Å². The van der Waals surface area contributed by atoms with Crippen LogP contribution >= 0.6 is 11.6 Å². The second kappa shape index (κ2) is 9.28. The summed E-state index contributed by atoms with van der Waals surface area (Å²) in [5.74, 6) is 0.412. The van der Waals surface area contributed by atoms with E-state index >= 15 is 0 Å². The molecule has 0 heterocycles. The van der Waals surface area contributed by atoms with E-state index in [2.05, 4.69) is 5.32 Å². The molecule has 7 heteroatoms.